The minimum Gasteiger partial charge on any atom is -0.490 e. The maximum absolute atomic E-state index is 13.0. The molecule has 0 atom stereocenters. The molecule has 2 rings (SSSR count). The van der Waals surface area contributed by atoms with Gasteiger partial charge >= 0.3 is 6.03 Å². The monoisotopic (exact) mass is 332 g/mol. The molecule has 24 heavy (non-hydrogen) atoms. The number of urea groups is 1. The average Bonchev–Trinajstić information content (AvgIpc) is 2.57. The Labute approximate surface area is 140 Å². The van der Waals surface area contributed by atoms with Gasteiger partial charge in [-0.05, 0) is 43.2 Å². The number of para-hydroxylation sites is 2. The lowest BCUT2D eigenvalue weighted by atomic mass is 10.1. The van der Waals surface area contributed by atoms with E-state index >= 15 is 0 Å². The highest BCUT2D eigenvalue weighted by molar-refractivity contribution is 5.73. The first-order valence-electron chi connectivity index (χ1n) is 7.80. The molecule has 0 aliphatic rings. The molecule has 0 unspecified atom stereocenters. The predicted molar refractivity (Wildman–Crippen MR) is 89.7 cm³/mol. The minimum absolute atomic E-state index is 0.0237. The zero-order valence-electron chi connectivity index (χ0n) is 13.5. The van der Waals surface area contributed by atoms with Gasteiger partial charge in [-0.25, -0.2) is 9.18 Å². The van der Waals surface area contributed by atoms with E-state index in [0.29, 0.717) is 31.1 Å². The Kier molecular flexibility index (Phi) is 6.89. The lowest BCUT2D eigenvalue weighted by molar-refractivity contribution is 0.220. The van der Waals surface area contributed by atoms with Crippen LogP contribution in [0.2, 0.25) is 0 Å². The van der Waals surface area contributed by atoms with Gasteiger partial charge in [0.25, 0.3) is 0 Å². The molecule has 128 valence electrons. The highest BCUT2D eigenvalue weighted by Gasteiger charge is 2.04. The van der Waals surface area contributed by atoms with E-state index in [-0.39, 0.29) is 18.6 Å². The van der Waals surface area contributed by atoms with Crippen LogP contribution in [0.3, 0.4) is 0 Å². The number of ether oxygens (including phenoxy) is 2. The molecule has 0 bridgehead atoms. The maximum Gasteiger partial charge on any atom is 0.317 e. The number of hydrogen-bond acceptors (Lipinski definition) is 3. The van der Waals surface area contributed by atoms with Crippen LogP contribution in [-0.2, 0) is 6.42 Å². The Morgan fingerprint density at radius 3 is 2.50 bits per heavy atom. The van der Waals surface area contributed by atoms with Crippen LogP contribution in [-0.4, -0.2) is 25.9 Å². The van der Waals surface area contributed by atoms with Crippen molar-refractivity contribution in [1.29, 1.82) is 0 Å². The van der Waals surface area contributed by atoms with Crippen molar-refractivity contribution in [2.24, 2.45) is 0 Å². The molecule has 0 aliphatic heterocycles. The van der Waals surface area contributed by atoms with Gasteiger partial charge in [0.1, 0.15) is 5.82 Å². The minimum atomic E-state index is -0.347. The van der Waals surface area contributed by atoms with Gasteiger partial charge in [-0.3, -0.25) is 0 Å². The van der Waals surface area contributed by atoms with E-state index in [1.165, 1.54) is 12.1 Å². The van der Waals surface area contributed by atoms with Crippen molar-refractivity contribution in [3.05, 3.63) is 59.9 Å². The summed E-state index contributed by atoms with van der Waals surface area (Å²) in [6, 6.07) is 13.2. The molecule has 6 heteroatoms. The summed E-state index contributed by atoms with van der Waals surface area (Å²) in [4.78, 5) is 11.7. The van der Waals surface area contributed by atoms with Gasteiger partial charge < -0.3 is 20.1 Å². The van der Waals surface area contributed by atoms with Crippen LogP contribution in [0.25, 0.3) is 0 Å². The first-order chi connectivity index (χ1) is 11.7. The third-order valence-corrected chi connectivity index (χ3v) is 3.20. The highest BCUT2D eigenvalue weighted by atomic mass is 19.1. The van der Waals surface area contributed by atoms with Crippen molar-refractivity contribution in [2.45, 2.75) is 13.3 Å². The lowest BCUT2D eigenvalue weighted by Crippen LogP contribution is -2.38. The van der Waals surface area contributed by atoms with Crippen LogP contribution in [0.15, 0.2) is 48.5 Å². The van der Waals surface area contributed by atoms with Crippen molar-refractivity contribution in [3.8, 4) is 11.5 Å². The largest absolute Gasteiger partial charge is 0.490 e. The van der Waals surface area contributed by atoms with Crippen LogP contribution < -0.4 is 20.1 Å². The van der Waals surface area contributed by atoms with Crippen molar-refractivity contribution >= 4 is 6.03 Å². The molecule has 5 nitrogen and oxygen atoms in total. The normalized spacial score (nSPS) is 10.1. The number of rotatable bonds is 8. The topological polar surface area (TPSA) is 59.6 Å². The summed E-state index contributed by atoms with van der Waals surface area (Å²) < 4.78 is 24.0. The fourth-order valence-electron chi connectivity index (χ4n) is 2.10. The number of benzene rings is 2. The lowest BCUT2D eigenvalue weighted by Gasteiger charge is -2.12. The number of carbonyl (C=O) groups is 1. The Hall–Kier alpha value is -2.76. The molecular weight excluding hydrogens is 311 g/mol. The van der Waals surface area contributed by atoms with E-state index in [4.69, 9.17) is 9.47 Å². The summed E-state index contributed by atoms with van der Waals surface area (Å²) >= 11 is 0. The van der Waals surface area contributed by atoms with Gasteiger partial charge in [-0.15, -0.1) is 0 Å². The Morgan fingerprint density at radius 1 is 1.04 bits per heavy atom. The van der Waals surface area contributed by atoms with Gasteiger partial charge in [0.2, 0.25) is 0 Å². The molecule has 2 aromatic rings. The molecule has 0 aromatic heterocycles. The van der Waals surface area contributed by atoms with Gasteiger partial charge in [-0.2, -0.15) is 0 Å². The Bertz CT molecular complexity index is 664. The standard InChI is InChI=1S/C18H21FN2O3/c1-2-23-16-8-3-4-9-17(16)24-13-21-18(22)20-11-10-14-6-5-7-15(19)12-14/h3-9,12H,2,10-11,13H2,1H3,(H2,20,21,22). The molecule has 0 fully saturated rings. The fourth-order valence-corrected chi connectivity index (χ4v) is 2.10. The summed E-state index contributed by atoms with van der Waals surface area (Å²) in [7, 11) is 0. The number of halogens is 1. The van der Waals surface area contributed by atoms with Crippen LogP contribution in [0.1, 0.15) is 12.5 Å². The smallest absolute Gasteiger partial charge is 0.317 e. The van der Waals surface area contributed by atoms with E-state index in [2.05, 4.69) is 10.6 Å². The second-order valence-corrected chi connectivity index (χ2v) is 4.98. The fraction of sp³-hybridized carbons (Fsp3) is 0.278. The number of nitrogens with one attached hydrogen (secondary N) is 2. The number of carbonyl (C=O) groups excluding carboxylic acids is 1. The molecule has 0 heterocycles. The molecule has 2 aromatic carbocycles. The van der Waals surface area contributed by atoms with Crippen molar-refractivity contribution in [3.63, 3.8) is 0 Å². The molecule has 0 saturated carbocycles. The maximum atomic E-state index is 13.0. The summed E-state index contributed by atoms with van der Waals surface area (Å²) in [6.45, 7) is 2.86. The SMILES string of the molecule is CCOc1ccccc1OCNC(=O)NCCc1cccc(F)c1. The van der Waals surface area contributed by atoms with Crippen LogP contribution in [0.4, 0.5) is 9.18 Å². The predicted octanol–water partition coefficient (Wildman–Crippen LogP) is 3.10. The average molecular weight is 332 g/mol. The van der Waals surface area contributed by atoms with Gasteiger partial charge in [0, 0.05) is 6.54 Å². The van der Waals surface area contributed by atoms with E-state index in [1.54, 1.807) is 18.2 Å². The second-order valence-electron chi connectivity index (χ2n) is 4.98. The first kappa shape index (κ1) is 17.6. The van der Waals surface area contributed by atoms with E-state index in [9.17, 15) is 9.18 Å². The summed E-state index contributed by atoms with van der Waals surface area (Å²) in [5.74, 6) is 0.922. The molecule has 0 spiro atoms. The zero-order chi connectivity index (χ0) is 17.2. The first-order valence-corrected chi connectivity index (χ1v) is 7.80. The van der Waals surface area contributed by atoms with E-state index in [1.807, 2.05) is 25.1 Å². The summed E-state index contributed by atoms with van der Waals surface area (Å²) in [5.41, 5.74) is 0.831. The third kappa shape index (κ3) is 5.79. The van der Waals surface area contributed by atoms with Crippen molar-refractivity contribution in [2.75, 3.05) is 19.9 Å². The highest BCUT2D eigenvalue weighted by Crippen LogP contribution is 2.25. The molecule has 0 saturated heterocycles. The van der Waals surface area contributed by atoms with Crippen molar-refractivity contribution in [1.82, 2.24) is 10.6 Å². The number of amides is 2. The molecule has 0 aliphatic carbocycles. The third-order valence-electron chi connectivity index (χ3n) is 3.20. The summed E-state index contributed by atoms with van der Waals surface area (Å²) in [5, 5.41) is 5.29. The summed E-state index contributed by atoms with van der Waals surface area (Å²) in [6.07, 6.45) is 0.555. The van der Waals surface area contributed by atoms with Crippen LogP contribution in [0.5, 0.6) is 11.5 Å². The van der Waals surface area contributed by atoms with Gasteiger partial charge in [0.05, 0.1) is 6.61 Å². The Balaban J connectivity index is 1.68. The second kappa shape index (κ2) is 9.39. The molecular formula is C18H21FN2O3. The molecule has 2 amide bonds. The number of hydrogen-bond donors (Lipinski definition) is 2. The van der Waals surface area contributed by atoms with E-state index in [0.717, 1.165) is 5.56 Å². The van der Waals surface area contributed by atoms with Gasteiger partial charge in [0.15, 0.2) is 18.2 Å². The van der Waals surface area contributed by atoms with Crippen LogP contribution in [0, 0.1) is 5.82 Å². The zero-order valence-corrected chi connectivity index (χ0v) is 13.5. The Morgan fingerprint density at radius 2 is 1.79 bits per heavy atom. The quantitative estimate of drug-likeness (QED) is 0.730. The molecule has 0 radical (unpaired) electrons. The molecule has 2 N–H and O–H groups in total. The van der Waals surface area contributed by atoms with E-state index < -0.39 is 0 Å². The van der Waals surface area contributed by atoms with Crippen LogP contribution >= 0.6 is 0 Å². The van der Waals surface area contributed by atoms with Gasteiger partial charge in [-0.1, -0.05) is 24.3 Å². The van der Waals surface area contributed by atoms with Crippen molar-refractivity contribution < 1.29 is 18.7 Å².